The van der Waals surface area contributed by atoms with Crippen molar-refractivity contribution >= 4 is 27.4 Å². The molecule has 6 nitrogen and oxygen atoms in total. The van der Waals surface area contributed by atoms with Crippen LogP contribution in [0.3, 0.4) is 0 Å². The van der Waals surface area contributed by atoms with Crippen molar-refractivity contribution in [2.75, 3.05) is 5.73 Å². The van der Waals surface area contributed by atoms with Crippen molar-refractivity contribution < 1.29 is 0 Å². The Bertz CT molecular complexity index is 1090. The van der Waals surface area contributed by atoms with Crippen molar-refractivity contribution in [3.8, 4) is 23.0 Å². The average Bonchev–Trinajstić information content (AvgIpc) is 3.14. The first-order chi connectivity index (χ1) is 11.7. The molecule has 0 amide bonds. The predicted octanol–water partition coefficient (Wildman–Crippen LogP) is 3.31. The number of anilines is 1. The molecule has 116 valence electrons. The molecule has 0 aliphatic carbocycles. The maximum absolute atomic E-state index is 9.11. The van der Waals surface area contributed by atoms with E-state index in [1.165, 1.54) is 17.2 Å². The third-order valence-corrected chi connectivity index (χ3v) is 4.85. The summed E-state index contributed by atoms with van der Waals surface area (Å²) in [6.07, 6.45) is 2.94. The molecule has 4 aromatic rings. The Labute approximate surface area is 141 Å². The first-order valence-electron chi connectivity index (χ1n) is 7.24. The molecule has 0 saturated heterocycles. The topological polar surface area (TPSA) is 93.4 Å². The Kier molecular flexibility index (Phi) is 3.25. The molecule has 0 fully saturated rings. The lowest BCUT2D eigenvalue weighted by Crippen LogP contribution is -2.05. The molecule has 2 N–H and O–H groups in total. The van der Waals surface area contributed by atoms with Crippen LogP contribution >= 0.6 is 11.3 Å². The second-order valence-electron chi connectivity index (χ2n) is 5.24. The standard InChI is InChI=1S/C17H12N6S/c1-10-13(11-5-3-2-4-6-11)14-16(20-9-21-17(14)24-10)23-15(19)12(7-18)8-22-23/h2-6,8-9H,19H2,1H3. The molecule has 0 aliphatic rings. The molecule has 7 heteroatoms. The van der Waals surface area contributed by atoms with E-state index >= 15 is 0 Å². The first kappa shape index (κ1) is 14.4. The van der Waals surface area contributed by atoms with Crippen LogP contribution in [-0.2, 0) is 0 Å². The van der Waals surface area contributed by atoms with Gasteiger partial charge in [-0.2, -0.15) is 15.0 Å². The normalized spacial score (nSPS) is 10.8. The third-order valence-electron chi connectivity index (χ3n) is 3.83. The van der Waals surface area contributed by atoms with E-state index in [1.54, 1.807) is 11.3 Å². The van der Waals surface area contributed by atoms with E-state index in [2.05, 4.69) is 34.1 Å². The van der Waals surface area contributed by atoms with Gasteiger partial charge in [-0.1, -0.05) is 30.3 Å². The molecular weight excluding hydrogens is 320 g/mol. The molecular formula is C17H12N6S. The van der Waals surface area contributed by atoms with Crippen molar-refractivity contribution in [3.05, 3.63) is 53.3 Å². The molecule has 0 atom stereocenters. The number of nitrogens with two attached hydrogens (primary N) is 1. The highest BCUT2D eigenvalue weighted by molar-refractivity contribution is 7.19. The molecule has 0 spiro atoms. The van der Waals surface area contributed by atoms with Crippen LogP contribution in [0.25, 0.3) is 27.2 Å². The molecule has 0 bridgehead atoms. The molecule has 0 radical (unpaired) electrons. The van der Waals surface area contributed by atoms with Gasteiger partial charge in [0.15, 0.2) is 5.82 Å². The Morgan fingerprint density at radius 2 is 2.00 bits per heavy atom. The molecule has 3 aromatic heterocycles. The van der Waals surface area contributed by atoms with Crippen LogP contribution in [0.15, 0.2) is 42.9 Å². The maximum Gasteiger partial charge on any atom is 0.168 e. The van der Waals surface area contributed by atoms with Crippen LogP contribution in [0, 0.1) is 18.3 Å². The van der Waals surface area contributed by atoms with Crippen molar-refractivity contribution in [3.63, 3.8) is 0 Å². The van der Waals surface area contributed by atoms with Gasteiger partial charge < -0.3 is 5.73 Å². The lowest BCUT2D eigenvalue weighted by atomic mass is 10.0. The Balaban J connectivity index is 2.08. The van der Waals surface area contributed by atoms with Crippen molar-refractivity contribution in [1.29, 1.82) is 5.26 Å². The van der Waals surface area contributed by atoms with Crippen LogP contribution < -0.4 is 5.73 Å². The Hall–Kier alpha value is -3.24. The number of fused-ring (bicyclic) bond motifs is 1. The fourth-order valence-corrected chi connectivity index (χ4v) is 3.76. The first-order valence-corrected chi connectivity index (χ1v) is 8.06. The van der Waals surface area contributed by atoms with Gasteiger partial charge in [0.2, 0.25) is 0 Å². The highest BCUT2D eigenvalue weighted by atomic mass is 32.1. The summed E-state index contributed by atoms with van der Waals surface area (Å²) in [6, 6.07) is 12.1. The van der Waals surface area contributed by atoms with Crippen molar-refractivity contribution in [2.24, 2.45) is 0 Å². The molecule has 1 aromatic carbocycles. The third kappa shape index (κ3) is 2.05. The molecule has 4 rings (SSSR count). The summed E-state index contributed by atoms with van der Waals surface area (Å²) in [5, 5.41) is 14.2. The number of thiophene rings is 1. The molecule has 0 unspecified atom stereocenters. The van der Waals surface area contributed by atoms with Crippen LogP contribution in [0.5, 0.6) is 0 Å². The van der Waals surface area contributed by atoms with E-state index in [1.807, 2.05) is 24.3 Å². The van der Waals surface area contributed by atoms with Crippen LogP contribution in [-0.4, -0.2) is 19.7 Å². The summed E-state index contributed by atoms with van der Waals surface area (Å²) in [5.41, 5.74) is 8.54. The summed E-state index contributed by atoms with van der Waals surface area (Å²) in [5.74, 6) is 0.863. The minimum absolute atomic E-state index is 0.278. The van der Waals surface area contributed by atoms with Crippen molar-refractivity contribution in [2.45, 2.75) is 6.92 Å². The van der Waals surface area contributed by atoms with Gasteiger partial charge in [-0.25, -0.2) is 9.97 Å². The minimum atomic E-state index is 0.278. The fourth-order valence-electron chi connectivity index (χ4n) is 2.75. The number of aromatic nitrogens is 4. The Morgan fingerprint density at radius 3 is 2.71 bits per heavy atom. The Morgan fingerprint density at radius 1 is 1.21 bits per heavy atom. The summed E-state index contributed by atoms with van der Waals surface area (Å²) >= 11 is 1.60. The second kappa shape index (κ2) is 5.44. The smallest absolute Gasteiger partial charge is 0.168 e. The second-order valence-corrected chi connectivity index (χ2v) is 6.45. The summed E-state index contributed by atoms with van der Waals surface area (Å²) < 4.78 is 1.50. The lowest BCUT2D eigenvalue weighted by Gasteiger charge is -2.07. The SMILES string of the molecule is Cc1sc2ncnc(-n3ncc(C#N)c3N)c2c1-c1ccccc1. The highest BCUT2D eigenvalue weighted by Gasteiger charge is 2.20. The van der Waals surface area contributed by atoms with E-state index in [-0.39, 0.29) is 5.82 Å². The molecule has 3 heterocycles. The quantitative estimate of drug-likeness (QED) is 0.608. The number of rotatable bonds is 2. The predicted molar refractivity (Wildman–Crippen MR) is 93.8 cm³/mol. The number of benzene rings is 1. The van der Waals surface area contributed by atoms with Gasteiger partial charge in [-0.3, -0.25) is 0 Å². The number of hydrogen-bond acceptors (Lipinski definition) is 6. The number of nitrogen functional groups attached to an aromatic ring is 1. The zero-order chi connectivity index (χ0) is 16.7. The van der Waals surface area contributed by atoms with Gasteiger partial charge in [-0.05, 0) is 12.5 Å². The minimum Gasteiger partial charge on any atom is -0.382 e. The zero-order valence-corrected chi connectivity index (χ0v) is 13.6. The van der Waals surface area contributed by atoms with Gasteiger partial charge in [0.05, 0.1) is 11.6 Å². The number of nitriles is 1. The maximum atomic E-state index is 9.11. The summed E-state index contributed by atoms with van der Waals surface area (Å²) in [7, 11) is 0. The molecule has 0 saturated carbocycles. The van der Waals surface area contributed by atoms with Crippen molar-refractivity contribution in [1.82, 2.24) is 19.7 Å². The van der Waals surface area contributed by atoms with Gasteiger partial charge in [0.25, 0.3) is 0 Å². The van der Waals surface area contributed by atoms with E-state index in [0.717, 1.165) is 26.2 Å². The van der Waals surface area contributed by atoms with Gasteiger partial charge in [-0.15, -0.1) is 11.3 Å². The van der Waals surface area contributed by atoms with Gasteiger partial charge in [0.1, 0.15) is 28.6 Å². The van der Waals surface area contributed by atoms with Crippen LogP contribution in [0.4, 0.5) is 5.82 Å². The van der Waals surface area contributed by atoms with Crippen LogP contribution in [0.1, 0.15) is 10.4 Å². The van der Waals surface area contributed by atoms with E-state index in [4.69, 9.17) is 11.0 Å². The van der Waals surface area contributed by atoms with Gasteiger partial charge >= 0.3 is 0 Å². The monoisotopic (exact) mass is 332 g/mol. The number of hydrogen-bond donors (Lipinski definition) is 1. The van der Waals surface area contributed by atoms with E-state index in [0.29, 0.717) is 11.4 Å². The average molecular weight is 332 g/mol. The fraction of sp³-hybridized carbons (Fsp3) is 0.0588. The van der Waals surface area contributed by atoms with Gasteiger partial charge in [0, 0.05) is 10.4 Å². The molecule has 24 heavy (non-hydrogen) atoms. The van der Waals surface area contributed by atoms with E-state index in [9.17, 15) is 0 Å². The summed E-state index contributed by atoms with van der Waals surface area (Å²) in [6.45, 7) is 2.06. The lowest BCUT2D eigenvalue weighted by molar-refractivity contribution is 0.862. The largest absolute Gasteiger partial charge is 0.382 e. The van der Waals surface area contributed by atoms with Crippen LogP contribution in [0.2, 0.25) is 0 Å². The zero-order valence-electron chi connectivity index (χ0n) is 12.8. The highest BCUT2D eigenvalue weighted by Crippen LogP contribution is 2.39. The number of aryl methyl sites for hydroxylation is 1. The number of nitrogens with zero attached hydrogens (tertiary/aromatic N) is 5. The molecule has 0 aliphatic heterocycles. The summed E-state index contributed by atoms with van der Waals surface area (Å²) in [4.78, 5) is 10.8. The van der Waals surface area contributed by atoms with E-state index < -0.39 is 0 Å².